The molecule has 22 heteroatoms. The van der Waals surface area contributed by atoms with Gasteiger partial charge in [0.25, 0.3) is 0 Å². The number of carbonyl (C=O) groups is 2. The van der Waals surface area contributed by atoms with Gasteiger partial charge in [-0.25, -0.2) is 26.3 Å². The first-order chi connectivity index (χ1) is 24.7. The van der Waals surface area contributed by atoms with E-state index in [4.69, 9.17) is 101 Å². The van der Waals surface area contributed by atoms with Crippen LogP contribution in [-0.2, 0) is 51.7 Å². The Morgan fingerprint density at radius 2 is 1.15 bits per heavy atom. The number of carbonyl (C=O) groups excluding carboxylic acids is 2. The van der Waals surface area contributed by atoms with Crippen LogP contribution in [-0.4, -0.2) is 86.0 Å². The molecule has 4 rings (SSSR count). The molecule has 3 aromatic rings. The Morgan fingerprint density at radius 1 is 0.679 bits per heavy atom. The van der Waals surface area contributed by atoms with Crippen LogP contribution in [0.15, 0.2) is 89.8 Å². The van der Waals surface area contributed by atoms with E-state index in [1.54, 1.807) is 48.5 Å². The fourth-order valence-corrected chi connectivity index (χ4v) is 7.97. The first-order valence-corrected chi connectivity index (χ1v) is 20.7. The molecule has 1 aliphatic heterocycles. The van der Waals surface area contributed by atoms with Gasteiger partial charge in [0, 0.05) is 4.90 Å². The average molecular weight is 917 g/mol. The number of hydrogen-bond donors (Lipinski definition) is 0. The number of benzene rings is 3. The lowest BCUT2D eigenvalue weighted by Gasteiger charge is -2.44. The summed E-state index contributed by atoms with van der Waals surface area (Å²) < 4.78 is 86.1. The Bertz CT molecular complexity index is 1900. The minimum absolute atomic E-state index is 0.00987. The highest BCUT2D eigenvalue weighted by Gasteiger charge is 2.54. The van der Waals surface area contributed by atoms with Gasteiger partial charge >= 0.3 is 32.7 Å². The normalized spacial score (nSPS) is 21.2. The monoisotopic (exact) mass is 914 g/mol. The Morgan fingerprint density at radius 3 is 1.64 bits per heavy atom. The average Bonchev–Trinajstić information content (AvgIpc) is 3.09. The van der Waals surface area contributed by atoms with E-state index in [9.17, 15) is 26.4 Å². The smallest absolute Gasteiger partial charge is 0.400 e. The van der Waals surface area contributed by atoms with Gasteiger partial charge < -0.3 is 14.2 Å². The maximum absolute atomic E-state index is 13.5. The van der Waals surface area contributed by atoms with Gasteiger partial charge in [0.1, 0.15) is 37.5 Å². The summed E-state index contributed by atoms with van der Waals surface area (Å²) in [7, 11) is -10.5. The van der Waals surface area contributed by atoms with Crippen molar-refractivity contribution in [1.29, 1.82) is 0 Å². The molecule has 0 unspecified atom stereocenters. The molecule has 1 aliphatic rings. The summed E-state index contributed by atoms with van der Waals surface area (Å²) in [5.74, 6) is -1.88. The number of halogens is 6. The number of esters is 2. The van der Waals surface area contributed by atoms with E-state index < -0.39 is 90.0 Å². The third-order valence-corrected chi connectivity index (χ3v) is 10.2. The number of aryl methyl sites for hydroxylation is 1. The van der Waals surface area contributed by atoms with Crippen molar-refractivity contribution < 1.29 is 57.4 Å². The van der Waals surface area contributed by atoms with Crippen molar-refractivity contribution >= 4 is 114 Å². The number of alkyl halides is 6. The molecule has 1 fully saturated rings. The van der Waals surface area contributed by atoms with Gasteiger partial charge in [0.15, 0.2) is 12.2 Å². The summed E-state index contributed by atoms with van der Waals surface area (Å²) in [6, 6.07) is 22.1. The predicted molar refractivity (Wildman–Crippen MR) is 198 cm³/mol. The maximum atomic E-state index is 13.5. The van der Waals surface area contributed by atoms with Crippen molar-refractivity contribution in [3.05, 3.63) is 102 Å². The molecule has 3 aromatic carbocycles. The Hall–Kier alpha value is -1.61. The standard InChI is InChI=1S/C31H28Cl6O13S3/c1-19-12-14-22(15-13-19)51-29-26(48-28(39)21-10-6-3-7-11-21)25(50-53(42,43)46-18-31(35,36)37)24(49-52(40,41)45-17-30(32,33)34)23(47-29)16-44-27(38)20-8-4-2-5-9-20/h2-15,23-26,29H,16-18H2,1H3/t23-,24-,25+,26-,29+/m1/s1. The van der Waals surface area contributed by atoms with Crippen LogP contribution in [0.4, 0.5) is 0 Å². The van der Waals surface area contributed by atoms with Crippen molar-refractivity contribution in [2.45, 2.75) is 49.3 Å². The molecule has 1 saturated heterocycles. The van der Waals surface area contributed by atoms with Gasteiger partial charge in [-0.3, -0.25) is 0 Å². The summed E-state index contributed by atoms with van der Waals surface area (Å²) in [6.07, 6.45) is -7.87. The highest BCUT2D eigenvalue weighted by Crippen LogP contribution is 2.40. The minimum Gasteiger partial charge on any atom is -0.459 e. The van der Waals surface area contributed by atoms with Gasteiger partial charge in [0.2, 0.25) is 7.59 Å². The summed E-state index contributed by atoms with van der Waals surface area (Å²) >= 11 is 35.0. The first-order valence-electron chi connectivity index (χ1n) is 14.9. The lowest BCUT2D eigenvalue weighted by atomic mass is 10.00. The fraction of sp³-hybridized carbons (Fsp3) is 0.355. The molecule has 0 saturated carbocycles. The van der Waals surface area contributed by atoms with E-state index in [-0.39, 0.29) is 11.1 Å². The van der Waals surface area contributed by atoms with E-state index in [0.29, 0.717) is 4.90 Å². The SMILES string of the molecule is Cc1ccc(S[C@@H]2O[C@H](COC(=O)c3ccccc3)[C@@H](OS(=O)(=O)OCC(Cl)(Cl)Cl)[C@H](OS(=O)(=O)OCC(Cl)(Cl)Cl)[C@H]2OC(=O)c2ccccc2)cc1. The summed E-state index contributed by atoms with van der Waals surface area (Å²) in [5, 5.41) is 0. The van der Waals surface area contributed by atoms with Gasteiger partial charge in [-0.15, -0.1) is 0 Å². The third-order valence-electron chi connectivity index (χ3n) is 6.70. The molecule has 5 atom stereocenters. The summed E-state index contributed by atoms with van der Waals surface area (Å²) in [6.45, 7) is -1.06. The second-order valence-electron chi connectivity index (χ2n) is 10.9. The van der Waals surface area contributed by atoms with Crippen molar-refractivity contribution in [1.82, 2.24) is 0 Å². The van der Waals surface area contributed by atoms with Crippen LogP contribution in [0.1, 0.15) is 26.3 Å². The highest BCUT2D eigenvalue weighted by atomic mass is 35.6. The van der Waals surface area contributed by atoms with E-state index in [1.807, 2.05) is 6.92 Å². The Kier molecular flexibility index (Phi) is 15.8. The zero-order valence-electron chi connectivity index (χ0n) is 26.9. The molecule has 0 aromatic heterocycles. The second kappa shape index (κ2) is 19.0. The van der Waals surface area contributed by atoms with Crippen LogP contribution in [0.25, 0.3) is 0 Å². The molecule has 1 heterocycles. The van der Waals surface area contributed by atoms with Crippen LogP contribution in [0.5, 0.6) is 0 Å². The topological polar surface area (TPSA) is 167 Å². The second-order valence-corrected chi connectivity index (χ2v) is 19.6. The van der Waals surface area contributed by atoms with E-state index >= 15 is 0 Å². The Balaban J connectivity index is 1.83. The number of thioether (sulfide) groups is 1. The van der Waals surface area contributed by atoms with Crippen LogP contribution in [0, 0.1) is 6.92 Å². The maximum Gasteiger partial charge on any atom is 0.400 e. The van der Waals surface area contributed by atoms with E-state index in [2.05, 4.69) is 0 Å². The molecule has 0 amide bonds. The predicted octanol–water partition coefficient (Wildman–Crippen LogP) is 6.93. The molecule has 0 spiro atoms. The molecular formula is C31H28Cl6O13S3. The molecule has 53 heavy (non-hydrogen) atoms. The molecule has 0 radical (unpaired) electrons. The minimum atomic E-state index is -5.27. The molecular weight excluding hydrogens is 889 g/mol. The van der Waals surface area contributed by atoms with Crippen LogP contribution in [0.3, 0.4) is 0 Å². The molecule has 13 nitrogen and oxygen atoms in total. The summed E-state index contributed by atoms with van der Waals surface area (Å²) in [4.78, 5) is 27.0. The van der Waals surface area contributed by atoms with Crippen molar-refractivity contribution in [3.63, 3.8) is 0 Å². The lowest BCUT2D eigenvalue weighted by molar-refractivity contribution is -0.193. The highest BCUT2D eigenvalue weighted by molar-refractivity contribution is 7.99. The van der Waals surface area contributed by atoms with Gasteiger partial charge in [-0.05, 0) is 43.3 Å². The van der Waals surface area contributed by atoms with Crippen LogP contribution >= 0.6 is 81.4 Å². The van der Waals surface area contributed by atoms with Crippen molar-refractivity contribution in [3.8, 4) is 0 Å². The largest absolute Gasteiger partial charge is 0.459 e. The molecule has 0 N–H and O–H groups in total. The van der Waals surface area contributed by atoms with Gasteiger partial charge in [-0.1, -0.05) is 135 Å². The van der Waals surface area contributed by atoms with Crippen LogP contribution < -0.4 is 0 Å². The zero-order valence-corrected chi connectivity index (χ0v) is 33.9. The molecule has 0 aliphatic carbocycles. The first kappa shape index (κ1) is 44.1. The van der Waals surface area contributed by atoms with E-state index in [0.717, 1.165) is 17.3 Å². The lowest BCUT2D eigenvalue weighted by Crippen LogP contribution is -2.62. The third kappa shape index (κ3) is 14.8. The number of rotatable bonds is 15. The number of ether oxygens (including phenoxy) is 3. The number of hydrogen-bond acceptors (Lipinski definition) is 14. The molecule has 0 bridgehead atoms. The van der Waals surface area contributed by atoms with Gasteiger partial charge in [0.05, 0.1) is 11.1 Å². The fourth-order valence-electron chi connectivity index (χ4n) is 4.40. The van der Waals surface area contributed by atoms with Gasteiger partial charge in [-0.2, -0.15) is 16.8 Å². The van der Waals surface area contributed by atoms with Crippen molar-refractivity contribution in [2.24, 2.45) is 0 Å². The zero-order chi connectivity index (χ0) is 39.0. The summed E-state index contributed by atoms with van der Waals surface area (Å²) in [5.41, 5.74) is -0.404. The van der Waals surface area contributed by atoms with Crippen molar-refractivity contribution in [2.75, 3.05) is 19.8 Å². The van der Waals surface area contributed by atoms with Crippen LogP contribution in [0.2, 0.25) is 0 Å². The van der Waals surface area contributed by atoms with E-state index in [1.165, 1.54) is 36.4 Å². The molecule has 290 valence electrons. The Labute approximate surface area is 339 Å². The quantitative estimate of drug-likeness (QED) is 0.114.